The van der Waals surface area contributed by atoms with E-state index in [2.05, 4.69) is 24.3 Å². The fourth-order valence-corrected chi connectivity index (χ4v) is 3.79. The molecule has 2 saturated carbocycles. The van der Waals surface area contributed by atoms with Gasteiger partial charge in [0.05, 0.1) is 0 Å². The van der Waals surface area contributed by atoms with Crippen molar-refractivity contribution in [2.45, 2.75) is 43.6 Å². The average Bonchev–Trinajstić information content (AvgIpc) is 3.15. The topological polar surface area (TPSA) is 32.3 Å². The fraction of sp³-hybridized carbons (Fsp3) is 0.611. The third kappa shape index (κ3) is 3.02. The van der Waals surface area contributed by atoms with Gasteiger partial charge in [0.1, 0.15) is 5.82 Å². The number of carbonyl (C=O) groups is 1. The van der Waals surface area contributed by atoms with E-state index in [9.17, 15) is 9.18 Å². The van der Waals surface area contributed by atoms with E-state index in [-0.39, 0.29) is 29.1 Å². The van der Waals surface area contributed by atoms with Crippen molar-refractivity contribution < 1.29 is 9.18 Å². The molecule has 1 aromatic carbocycles. The highest BCUT2D eigenvalue weighted by atomic mass is 19.1. The van der Waals surface area contributed by atoms with Crippen LogP contribution in [0.5, 0.6) is 0 Å². The maximum atomic E-state index is 13.3. The number of likely N-dealkylation sites (N-methyl/N-ethyl adjacent to an activating group) is 1. The van der Waals surface area contributed by atoms with Crippen molar-refractivity contribution in [3.8, 4) is 0 Å². The average molecular weight is 304 g/mol. The molecule has 1 aromatic rings. The van der Waals surface area contributed by atoms with Gasteiger partial charge in [-0.2, -0.15) is 0 Å². The number of hydrogen-bond donors (Lipinski definition) is 1. The third-order valence-electron chi connectivity index (χ3n) is 5.48. The molecule has 2 atom stereocenters. The summed E-state index contributed by atoms with van der Waals surface area (Å²) in [5.41, 5.74) is 1.07. The van der Waals surface area contributed by atoms with Gasteiger partial charge in [0.2, 0.25) is 5.91 Å². The van der Waals surface area contributed by atoms with E-state index in [0.29, 0.717) is 0 Å². The quantitative estimate of drug-likeness (QED) is 0.907. The summed E-state index contributed by atoms with van der Waals surface area (Å²) in [7, 11) is 4.20. The fourth-order valence-electron chi connectivity index (χ4n) is 3.79. The molecule has 22 heavy (non-hydrogen) atoms. The van der Waals surface area contributed by atoms with Crippen LogP contribution in [0.4, 0.5) is 4.39 Å². The molecular weight excluding hydrogens is 279 g/mol. The van der Waals surface area contributed by atoms with Gasteiger partial charge in [-0.25, -0.2) is 4.39 Å². The van der Waals surface area contributed by atoms with Crippen LogP contribution in [0.1, 0.15) is 43.6 Å². The van der Waals surface area contributed by atoms with Crippen LogP contribution in [-0.4, -0.2) is 37.0 Å². The minimum Gasteiger partial charge on any atom is -0.354 e. The van der Waals surface area contributed by atoms with Gasteiger partial charge in [-0.3, -0.25) is 4.79 Å². The van der Waals surface area contributed by atoms with E-state index in [0.717, 1.165) is 31.4 Å². The standard InChI is InChI=1S/C18H25FN2O/c1-21(2)18(8-3-4-9-18)12-20-17(22)16-11-15(16)13-6-5-7-14(19)10-13/h5-7,10,15-16H,3-4,8-9,11-12H2,1-2H3,(H,20,22)/t15-,16+/m0/s1. The van der Waals surface area contributed by atoms with E-state index in [1.165, 1.54) is 18.9 Å². The largest absolute Gasteiger partial charge is 0.354 e. The molecule has 120 valence electrons. The first kappa shape index (κ1) is 15.5. The first-order chi connectivity index (χ1) is 10.5. The molecular formula is C18H25FN2O. The molecule has 1 N–H and O–H groups in total. The Morgan fingerprint density at radius 2 is 2.09 bits per heavy atom. The van der Waals surface area contributed by atoms with E-state index >= 15 is 0 Å². The summed E-state index contributed by atoms with van der Waals surface area (Å²) in [6.45, 7) is 0.727. The molecule has 3 nitrogen and oxygen atoms in total. The summed E-state index contributed by atoms with van der Waals surface area (Å²) in [5, 5.41) is 3.15. The number of hydrogen-bond acceptors (Lipinski definition) is 2. The molecule has 0 spiro atoms. The van der Waals surface area contributed by atoms with Crippen molar-refractivity contribution in [2.24, 2.45) is 5.92 Å². The number of amides is 1. The molecule has 4 heteroatoms. The summed E-state index contributed by atoms with van der Waals surface area (Å²) in [5.74, 6) is 0.112. The number of benzene rings is 1. The van der Waals surface area contributed by atoms with Gasteiger partial charge >= 0.3 is 0 Å². The normalized spacial score (nSPS) is 26.2. The predicted octanol–water partition coefficient (Wildman–Crippen LogP) is 2.92. The van der Waals surface area contributed by atoms with Crippen molar-refractivity contribution in [2.75, 3.05) is 20.6 Å². The molecule has 2 fully saturated rings. The maximum Gasteiger partial charge on any atom is 0.223 e. The molecule has 1 amide bonds. The highest BCUT2D eigenvalue weighted by Crippen LogP contribution is 2.47. The minimum atomic E-state index is -0.221. The molecule has 0 aliphatic heterocycles. The maximum absolute atomic E-state index is 13.3. The number of rotatable bonds is 5. The van der Waals surface area contributed by atoms with Gasteiger partial charge in [0.25, 0.3) is 0 Å². The van der Waals surface area contributed by atoms with Crippen molar-refractivity contribution in [1.82, 2.24) is 10.2 Å². The first-order valence-electron chi connectivity index (χ1n) is 8.22. The van der Waals surface area contributed by atoms with Gasteiger partial charge in [-0.05, 0) is 57.0 Å². The highest BCUT2D eigenvalue weighted by Gasteiger charge is 2.45. The Bertz CT molecular complexity index is 552. The number of halogens is 1. The smallest absolute Gasteiger partial charge is 0.223 e. The van der Waals surface area contributed by atoms with Crippen molar-refractivity contribution in [3.05, 3.63) is 35.6 Å². The second-order valence-corrected chi connectivity index (χ2v) is 7.05. The Hall–Kier alpha value is -1.42. The zero-order valence-corrected chi connectivity index (χ0v) is 13.4. The first-order valence-corrected chi connectivity index (χ1v) is 8.22. The molecule has 2 aliphatic rings. The van der Waals surface area contributed by atoms with Crippen LogP contribution in [0, 0.1) is 11.7 Å². The van der Waals surface area contributed by atoms with Crippen molar-refractivity contribution >= 4 is 5.91 Å². The van der Waals surface area contributed by atoms with Crippen LogP contribution in [0.3, 0.4) is 0 Å². The van der Waals surface area contributed by atoms with Crippen LogP contribution in [0.2, 0.25) is 0 Å². The summed E-state index contributed by atoms with van der Waals surface area (Å²) < 4.78 is 13.3. The SMILES string of the molecule is CN(C)C1(CNC(=O)[C@@H]2C[C@H]2c2cccc(F)c2)CCCC1. The van der Waals surface area contributed by atoms with E-state index in [1.807, 2.05) is 6.07 Å². The molecule has 0 unspecified atom stereocenters. The lowest BCUT2D eigenvalue weighted by molar-refractivity contribution is -0.123. The number of nitrogens with one attached hydrogen (secondary N) is 1. The molecule has 0 radical (unpaired) electrons. The summed E-state index contributed by atoms with van der Waals surface area (Å²) in [6, 6.07) is 6.63. The van der Waals surface area contributed by atoms with Gasteiger partial charge < -0.3 is 10.2 Å². The van der Waals surface area contributed by atoms with Crippen LogP contribution in [-0.2, 0) is 4.79 Å². The second-order valence-electron chi connectivity index (χ2n) is 7.05. The Labute approximate surface area is 131 Å². The second kappa shape index (κ2) is 5.99. The van der Waals surface area contributed by atoms with Crippen LogP contribution in [0.25, 0.3) is 0 Å². The molecule has 0 saturated heterocycles. The van der Waals surface area contributed by atoms with Gasteiger partial charge in [0.15, 0.2) is 0 Å². The van der Waals surface area contributed by atoms with Crippen LogP contribution >= 0.6 is 0 Å². The minimum absolute atomic E-state index is 0.0161. The molecule has 0 aromatic heterocycles. The third-order valence-corrected chi connectivity index (χ3v) is 5.48. The Balaban J connectivity index is 1.55. The monoisotopic (exact) mass is 304 g/mol. The van der Waals surface area contributed by atoms with Gasteiger partial charge in [-0.1, -0.05) is 25.0 Å². The summed E-state index contributed by atoms with van der Waals surface area (Å²) >= 11 is 0. The zero-order chi connectivity index (χ0) is 15.7. The van der Waals surface area contributed by atoms with Crippen LogP contribution < -0.4 is 5.32 Å². The Morgan fingerprint density at radius 3 is 2.73 bits per heavy atom. The number of carbonyl (C=O) groups excluding carboxylic acids is 1. The lowest BCUT2D eigenvalue weighted by atomic mass is 9.96. The lowest BCUT2D eigenvalue weighted by Crippen LogP contribution is -2.51. The lowest BCUT2D eigenvalue weighted by Gasteiger charge is -2.36. The molecule has 3 rings (SSSR count). The van der Waals surface area contributed by atoms with Gasteiger partial charge in [0, 0.05) is 18.0 Å². The van der Waals surface area contributed by atoms with Crippen LogP contribution in [0.15, 0.2) is 24.3 Å². The van der Waals surface area contributed by atoms with Crippen molar-refractivity contribution in [3.63, 3.8) is 0 Å². The molecule has 0 heterocycles. The van der Waals surface area contributed by atoms with E-state index < -0.39 is 0 Å². The molecule has 0 bridgehead atoms. The van der Waals surface area contributed by atoms with Gasteiger partial charge in [-0.15, -0.1) is 0 Å². The highest BCUT2D eigenvalue weighted by molar-refractivity contribution is 5.83. The molecule has 2 aliphatic carbocycles. The predicted molar refractivity (Wildman–Crippen MR) is 85.1 cm³/mol. The van der Waals surface area contributed by atoms with E-state index in [4.69, 9.17) is 0 Å². The zero-order valence-electron chi connectivity index (χ0n) is 13.4. The van der Waals surface area contributed by atoms with E-state index in [1.54, 1.807) is 12.1 Å². The number of nitrogens with zero attached hydrogens (tertiary/aromatic N) is 1. The summed E-state index contributed by atoms with van der Waals surface area (Å²) in [6.07, 6.45) is 5.62. The van der Waals surface area contributed by atoms with Crippen molar-refractivity contribution in [1.29, 1.82) is 0 Å². The Morgan fingerprint density at radius 1 is 1.36 bits per heavy atom. The Kier molecular flexibility index (Phi) is 4.22. The summed E-state index contributed by atoms with van der Waals surface area (Å²) in [4.78, 5) is 14.6.